The number of rotatable bonds is 8. The van der Waals surface area contributed by atoms with Crippen molar-refractivity contribution >= 4 is 34.9 Å². The van der Waals surface area contributed by atoms with Crippen molar-refractivity contribution in [1.82, 2.24) is 4.98 Å². The second kappa shape index (κ2) is 12.0. The van der Waals surface area contributed by atoms with E-state index < -0.39 is 34.7 Å². The summed E-state index contributed by atoms with van der Waals surface area (Å²) >= 11 is 0.802. The predicted octanol–water partition coefficient (Wildman–Crippen LogP) is 4.32. The number of aromatic nitrogens is 1. The number of carbonyl (C=O) groups excluding carboxylic acids is 1. The number of carbonyl (C=O) groups is 1. The van der Waals surface area contributed by atoms with Crippen molar-refractivity contribution in [3.05, 3.63) is 81.8 Å². The summed E-state index contributed by atoms with van der Waals surface area (Å²) in [4.78, 5) is 16.2. The van der Waals surface area contributed by atoms with Crippen molar-refractivity contribution in [2.24, 2.45) is 5.92 Å². The smallest absolute Gasteiger partial charge is 0.469 e. The molecule has 0 unspecified atom stereocenters. The van der Waals surface area contributed by atoms with Crippen molar-refractivity contribution in [3.63, 3.8) is 0 Å². The van der Waals surface area contributed by atoms with Crippen LogP contribution in [-0.2, 0) is 6.18 Å². The molecular weight excluding hydrogens is 514 g/mol. The number of nitrogens with zero attached hydrogens (tertiary/aromatic N) is 1. The molecule has 3 N–H and O–H groups in total. The molecule has 0 bridgehead atoms. The molecule has 0 aliphatic heterocycles. The SMILES string of the molecule is C[N-]c1[nH]cc(C(=O)c2c(F)ccc(NSc3ccc(C(F)(F)F)cc3)c2F)c1C(=N)C(C)C.[K+]. The Kier molecular flexibility index (Phi) is 10.1. The van der Waals surface area contributed by atoms with Crippen molar-refractivity contribution in [2.75, 3.05) is 11.8 Å². The third kappa shape index (κ3) is 6.55. The van der Waals surface area contributed by atoms with Crippen LogP contribution < -0.4 is 56.1 Å². The molecule has 1 aromatic heterocycles. The molecule has 0 aliphatic rings. The molecule has 5 nitrogen and oxygen atoms in total. The molecule has 0 fully saturated rings. The van der Waals surface area contributed by atoms with Gasteiger partial charge < -0.3 is 20.4 Å². The Morgan fingerprint density at radius 3 is 2.26 bits per heavy atom. The summed E-state index contributed by atoms with van der Waals surface area (Å²) in [5.41, 5.74) is -1.73. The molecule has 1 heterocycles. The fourth-order valence-corrected chi connectivity index (χ4v) is 3.79. The molecule has 0 saturated carbocycles. The van der Waals surface area contributed by atoms with Gasteiger partial charge in [0.1, 0.15) is 5.82 Å². The second-order valence-electron chi connectivity index (χ2n) is 7.56. The van der Waals surface area contributed by atoms with E-state index >= 15 is 4.39 Å². The number of H-pyrrole nitrogens is 1. The zero-order chi connectivity index (χ0) is 25.2. The molecule has 0 saturated heterocycles. The summed E-state index contributed by atoms with van der Waals surface area (Å²) in [5.74, 6) is -3.25. The number of nitrogens with one attached hydrogen (secondary N) is 3. The zero-order valence-electron chi connectivity index (χ0n) is 19.3. The molecule has 2 aromatic carbocycles. The van der Waals surface area contributed by atoms with E-state index in [0.717, 1.165) is 36.2 Å². The van der Waals surface area contributed by atoms with Crippen LogP contribution in [-0.4, -0.2) is 23.5 Å². The van der Waals surface area contributed by atoms with Gasteiger partial charge in [0.2, 0.25) is 0 Å². The zero-order valence-corrected chi connectivity index (χ0v) is 23.2. The maximum atomic E-state index is 15.2. The molecule has 0 atom stereocenters. The van der Waals surface area contributed by atoms with Crippen LogP contribution in [0.15, 0.2) is 47.5 Å². The maximum Gasteiger partial charge on any atom is 1.00 e. The van der Waals surface area contributed by atoms with Gasteiger partial charge in [-0.2, -0.15) is 13.2 Å². The first kappa shape index (κ1) is 29.5. The predicted molar refractivity (Wildman–Crippen MR) is 122 cm³/mol. The largest absolute Gasteiger partial charge is 1.00 e. The summed E-state index contributed by atoms with van der Waals surface area (Å²) < 4.78 is 70.5. The van der Waals surface area contributed by atoms with Crippen LogP contribution in [0.5, 0.6) is 0 Å². The maximum absolute atomic E-state index is 15.2. The van der Waals surface area contributed by atoms with Crippen LogP contribution in [0.1, 0.15) is 40.9 Å². The molecule has 0 aliphatic carbocycles. The van der Waals surface area contributed by atoms with Gasteiger partial charge in [-0.05, 0) is 54.3 Å². The summed E-state index contributed by atoms with van der Waals surface area (Å²) in [7, 11) is 1.46. The molecule has 3 aromatic rings. The Balaban J connectivity index is 0.00000432. The Morgan fingerprint density at radius 1 is 1.09 bits per heavy atom. The standard InChI is InChI=1S/C23H21F5N4OS.K/c1-11(2)20(29)17-14(10-31-22(17)30-3)21(33)18-15(24)8-9-16(19(18)25)32-34-13-6-4-12(5-7-13)23(26,27)28;/h4-11,32H,1-3H3,(H3,29,30,31,33);/q;+1/p-1. The van der Waals surface area contributed by atoms with Crippen LogP contribution in [0.3, 0.4) is 0 Å². The molecule has 0 radical (unpaired) electrons. The van der Waals surface area contributed by atoms with Gasteiger partial charge in [0.15, 0.2) is 11.6 Å². The van der Waals surface area contributed by atoms with Crippen LogP contribution in [0.25, 0.3) is 5.32 Å². The number of hydrogen-bond donors (Lipinski definition) is 3. The number of aromatic amines is 1. The number of anilines is 1. The van der Waals surface area contributed by atoms with Gasteiger partial charge >= 0.3 is 57.6 Å². The molecule has 3 rings (SSSR count). The molecule has 0 amide bonds. The quantitative estimate of drug-likeness (QED) is 0.132. The Bertz CT molecular complexity index is 1230. The van der Waals surface area contributed by atoms with E-state index in [9.17, 15) is 22.4 Å². The number of ketones is 1. The topological polar surface area (TPSA) is 82.8 Å². The monoisotopic (exact) mass is 534 g/mol. The van der Waals surface area contributed by atoms with Gasteiger partial charge in [-0.25, -0.2) is 8.78 Å². The van der Waals surface area contributed by atoms with Crippen LogP contribution in [0.2, 0.25) is 0 Å². The van der Waals surface area contributed by atoms with E-state index in [2.05, 4.69) is 15.0 Å². The number of hydrogen-bond acceptors (Lipinski definition) is 4. The van der Waals surface area contributed by atoms with Crippen LogP contribution in [0.4, 0.5) is 33.5 Å². The normalized spacial score (nSPS) is 11.2. The first-order valence-electron chi connectivity index (χ1n) is 9.98. The van der Waals surface area contributed by atoms with Crippen molar-refractivity contribution < 1.29 is 78.1 Å². The van der Waals surface area contributed by atoms with E-state index in [1.54, 1.807) is 13.8 Å². The summed E-state index contributed by atoms with van der Waals surface area (Å²) in [6, 6.07) is 6.17. The molecule has 0 spiro atoms. The van der Waals surface area contributed by atoms with Gasteiger partial charge in [0, 0.05) is 21.7 Å². The minimum atomic E-state index is -4.48. The van der Waals surface area contributed by atoms with E-state index in [-0.39, 0.29) is 85.6 Å². The minimum Gasteiger partial charge on any atom is -0.469 e. The Morgan fingerprint density at radius 2 is 1.71 bits per heavy atom. The number of benzene rings is 2. The van der Waals surface area contributed by atoms with Crippen molar-refractivity contribution in [3.8, 4) is 0 Å². The van der Waals surface area contributed by atoms with Gasteiger partial charge in [-0.3, -0.25) is 4.79 Å². The number of halogens is 5. The van der Waals surface area contributed by atoms with Crippen LogP contribution >= 0.6 is 11.9 Å². The Labute approximate surface area is 245 Å². The second-order valence-corrected chi connectivity index (χ2v) is 8.44. The minimum absolute atomic E-state index is 0. The summed E-state index contributed by atoms with van der Waals surface area (Å²) in [5, 5.41) is 12.3. The van der Waals surface area contributed by atoms with Gasteiger partial charge in [-0.1, -0.05) is 32.9 Å². The molecule has 180 valence electrons. The van der Waals surface area contributed by atoms with E-state index in [4.69, 9.17) is 5.41 Å². The molecule has 35 heavy (non-hydrogen) atoms. The fourth-order valence-electron chi connectivity index (χ4n) is 3.13. The first-order chi connectivity index (χ1) is 16.0. The summed E-state index contributed by atoms with van der Waals surface area (Å²) in [6.45, 7) is 3.49. The third-order valence-corrected chi connectivity index (χ3v) is 5.78. The van der Waals surface area contributed by atoms with E-state index in [0.29, 0.717) is 4.90 Å². The van der Waals surface area contributed by atoms with Gasteiger partial charge in [0.05, 0.1) is 16.8 Å². The average Bonchev–Trinajstić information content (AvgIpc) is 3.21. The van der Waals surface area contributed by atoms with Crippen molar-refractivity contribution in [2.45, 2.75) is 24.9 Å². The summed E-state index contributed by atoms with van der Waals surface area (Å²) in [6.07, 6.45) is -3.23. The van der Waals surface area contributed by atoms with E-state index in [1.165, 1.54) is 25.4 Å². The van der Waals surface area contributed by atoms with E-state index in [1.807, 2.05) is 0 Å². The van der Waals surface area contributed by atoms with Crippen LogP contribution in [0, 0.1) is 23.0 Å². The van der Waals surface area contributed by atoms with Gasteiger partial charge in [0.25, 0.3) is 0 Å². The third-order valence-electron chi connectivity index (χ3n) is 4.95. The molecular formula is C23H20F5KN4OS. The average molecular weight is 535 g/mol. The first-order valence-corrected chi connectivity index (χ1v) is 10.8. The number of alkyl halides is 3. The van der Waals surface area contributed by atoms with Gasteiger partial charge in [-0.15, -0.1) is 0 Å². The fraction of sp³-hybridized carbons (Fsp3) is 0.217. The van der Waals surface area contributed by atoms with Crippen molar-refractivity contribution in [1.29, 1.82) is 5.41 Å². The Hall–Kier alpha value is -1.70. The molecule has 12 heteroatoms.